The number of aliphatic hydroxyl groups is 1. The molecule has 2 aromatic rings. The zero-order chi connectivity index (χ0) is 17.5. The van der Waals surface area contributed by atoms with E-state index >= 15 is 0 Å². The molecule has 0 bridgehead atoms. The summed E-state index contributed by atoms with van der Waals surface area (Å²) in [5.74, 6) is -2.32. The zero-order valence-electron chi connectivity index (χ0n) is 12.1. The summed E-state index contributed by atoms with van der Waals surface area (Å²) in [6.07, 6.45) is -4.36. The molecule has 0 saturated carbocycles. The Bertz CT molecular complexity index is 752. The van der Waals surface area contributed by atoms with E-state index in [1.807, 2.05) is 0 Å². The Labute approximate surface area is 133 Å². The summed E-state index contributed by atoms with van der Waals surface area (Å²) in [4.78, 5) is 8.66. The van der Waals surface area contributed by atoms with Gasteiger partial charge in [0.25, 0.3) is 0 Å². The first-order chi connectivity index (χ1) is 11.3. The number of rotatable bonds is 2. The average Bonchev–Trinajstić information content (AvgIpc) is 2.91. The predicted molar refractivity (Wildman–Crippen MR) is 74.1 cm³/mol. The number of hydrogen-bond donors (Lipinski definition) is 1. The largest absolute Gasteiger partial charge is 0.433 e. The van der Waals surface area contributed by atoms with Gasteiger partial charge >= 0.3 is 6.18 Å². The van der Waals surface area contributed by atoms with Gasteiger partial charge in [0.2, 0.25) is 5.95 Å². The maximum absolute atomic E-state index is 13.4. The second-order valence-electron chi connectivity index (χ2n) is 5.47. The highest BCUT2D eigenvalue weighted by Gasteiger charge is 2.37. The van der Waals surface area contributed by atoms with E-state index < -0.39 is 35.7 Å². The molecular weight excluding hydrogens is 333 g/mol. The van der Waals surface area contributed by atoms with Crippen molar-refractivity contribution in [2.45, 2.75) is 24.7 Å². The average molecular weight is 345 g/mol. The summed E-state index contributed by atoms with van der Waals surface area (Å²) in [7, 11) is 0. The molecule has 0 unspecified atom stereocenters. The van der Waals surface area contributed by atoms with Crippen LogP contribution < -0.4 is 4.90 Å². The van der Waals surface area contributed by atoms with Crippen LogP contribution in [0.15, 0.2) is 30.5 Å². The van der Waals surface area contributed by atoms with Crippen molar-refractivity contribution in [3.63, 3.8) is 0 Å². The number of β-amino-alcohol motifs (C(OH)–C–C–N with tert-alkyl or cyclic N) is 1. The molecular formula is C15H12F5N3O. The maximum atomic E-state index is 13.4. The number of halogens is 5. The highest BCUT2D eigenvalue weighted by atomic mass is 19.4. The second-order valence-corrected chi connectivity index (χ2v) is 5.47. The van der Waals surface area contributed by atoms with Crippen LogP contribution in [0.1, 0.15) is 23.7 Å². The van der Waals surface area contributed by atoms with E-state index in [2.05, 4.69) is 9.97 Å². The summed E-state index contributed by atoms with van der Waals surface area (Å²) in [6.45, 7) is -0.00896. The fraction of sp³-hybridized carbons (Fsp3) is 0.333. The van der Waals surface area contributed by atoms with Gasteiger partial charge in [-0.05, 0) is 30.2 Å². The molecule has 1 fully saturated rings. The summed E-state index contributed by atoms with van der Waals surface area (Å²) in [5.41, 5.74) is -0.788. The van der Waals surface area contributed by atoms with Crippen LogP contribution in [0.4, 0.5) is 27.9 Å². The first kappa shape index (κ1) is 16.6. The van der Waals surface area contributed by atoms with Crippen LogP contribution in [0.3, 0.4) is 0 Å². The Balaban J connectivity index is 1.98. The van der Waals surface area contributed by atoms with Gasteiger partial charge in [0.05, 0.1) is 12.1 Å². The van der Waals surface area contributed by atoms with Gasteiger partial charge < -0.3 is 10.0 Å². The fourth-order valence-corrected chi connectivity index (χ4v) is 2.72. The third-order valence-corrected chi connectivity index (χ3v) is 3.80. The summed E-state index contributed by atoms with van der Waals surface area (Å²) < 4.78 is 64.9. The van der Waals surface area contributed by atoms with Gasteiger partial charge in [-0.1, -0.05) is 6.07 Å². The molecule has 0 radical (unpaired) electrons. The summed E-state index contributed by atoms with van der Waals surface area (Å²) in [6, 6.07) is 3.29. The van der Waals surface area contributed by atoms with E-state index in [1.165, 1.54) is 11.0 Å². The van der Waals surface area contributed by atoms with Crippen LogP contribution in [0.25, 0.3) is 0 Å². The third-order valence-electron chi connectivity index (χ3n) is 3.80. The minimum atomic E-state index is -4.63. The van der Waals surface area contributed by atoms with Crippen molar-refractivity contribution in [3.05, 3.63) is 53.4 Å². The molecule has 2 heterocycles. The molecule has 9 heteroatoms. The summed E-state index contributed by atoms with van der Waals surface area (Å²) in [5, 5.41) is 9.86. The number of aliphatic hydroxyl groups excluding tert-OH is 1. The Morgan fingerprint density at radius 3 is 2.54 bits per heavy atom. The SMILES string of the molecule is O[C@H]1C[C@@H](c2ccc(F)c(F)c2)N(c2nccc(C(F)(F)F)n2)C1. The van der Waals surface area contributed by atoms with E-state index in [4.69, 9.17) is 0 Å². The molecule has 24 heavy (non-hydrogen) atoms. The van der Waals surface area contributed by atoms with E-state index in [0.29, 0.717) is 5.56 Å². The first-order valence-electron chi connectivity index (χ1n) is 7.05. The second kappa shape index (κ2) is 5.97. The number of alkyl halides is 3. The van der Waals surface area contributed by atoms with Gasteiger partial charge in [0, 0.05) is 12.7 Å². The Morgan fingerprint density at radius 1 is 1.12 bits per heavy atom. The molecule has 4 nitrogen and oxygen atoms in total. The number of nitrogens with zero attached hydrogens (tertiary/aromatic N) is 3. The van der Waals surface area contributed by atoms with Crippen LogP contribution >= 0.6 is 0 Å². The van der Waals surface area contributed by atoms with Gasteiger partial charge in [-0.25, -0.2) is 18.7 Å². The van der Waals surface area contributed by atoms with Gasteiger partial charge in [-0.3, -0.25) is 0 Å². The molecule has 1 aromatic carbocycles. The molecule has 1 N–H and O–H groups in total. The Hall–Kier alpha value is -2.29. The lowest BCUT2D eigenvalue weighted by molar-refractivity contribution is -0.141. The van der Waals surface area contributed by atoms with E-state index in [-0.39, 0.29) is 18.9 Å². The number of aromatic nitrogens is 2. The number of hydrogen-bond acceptors (Lipinski definition) is 4. The van der Waals surface area contributed by atoms with E-state index in [9.17, 15) is 27.1 Å². The minimum absolute atomic E-state index is 0.00896. The van der Waals surface area contributed by atoms with Crippen LogP contribution in [-0.4, -0.2) is 27.7 Å². The molecule has 1 aliphatic heterocycles. The van der Waals surface area contributed by atoms with Crippen molar-refractivity contribution in [1.82, 2.24) is 9.97 Å². The monoisotopic (exact) mass is 345 g/mol. The van der Waals surface area contributed by atoms with Crippen LogP contribution in [0.5, 0.6) is 0 Å². The maximum Gasteiger partial charge on any atom is 0.433 e. The number of benzene rings is 1. The van der Waals surface area contributed by atoms with Crippen molar-refractivity contribution in [1.29, 1.82) is 0 Å². The fourth-order valence-electron chi connectivity index (χ4n) is 2.72. The van der Waals surface area contributed by atoms with Crippen LogP contribution in [0.2, 0.25) is 0 Å². The Kier molecular flexibility index (Phi) is 4.12. The Morgan fingerprint density at radius 2 is 1.88 bits per heavy atom. The molecule has 0 spiro atoms. The highest BCUT2D eigenvalue weighted by Crippen LogP contribution is 2.36. The molecule has 0 aliphatic carbocycles. The van der Waals surface area contributed by atoms with Gasteiger partial charge in [-0.2, -0.15) is 13.2 Å². The molecule has 0 amide bonds. The van der Waals surface area contributed by atoms with Crippen molar-refractivity contribution in [3.8, 4) is 0 Å². The van der Waals surface area contributed by atoms with Gasteiger partial charge in [0.15, 0.2) is 11.6 Å². The quantitative estimate of drug-likeness (QED) is 0.850. The topological polar surface area (TPSA) is 49.2 Å². The van der Waals surface area contributed by atoms with Gasteiger partial charge in [-0.15, -0.1) is 0 Å². The lowest BCUT2D eigenvalue weighted by Gasteiger charge is -2.25. The van der Waals surface area contributed by atoms with Crippen molar-refractivity contribution < 1.29 is 27.1 Å². The lowest BCUT2D eigenvalue weighted by atomic mass is 10.0. The third kappa shape index (κ3) is 3.16. The molecule has 128 valence electrons. The molecule has 3 rings (SSSR count). The normalized spacial score (nSPS) is 21.3. The van der Waals surface area contributed by atoms with Gasteiger partial charge in [0.1, 0.15) is 5.69 Å². The minimum Gasteiger partial charge on any atom is -0.391 e. The molecule has 2 atom stereocenters. The first-order valence-corrected chi connectivity index (χ1v) is 7.05. The summed E-state index contributed by atoms with van der Waals surface area (Å²) >= 11 is 0. The predicted octanol–water partition coefficient (Wildman–Crippen LogP) is 3.09. The molecule has 1 saturated heterocycles. The van der Waals surface area contributed by atoms with Crippen molar-refractivity contribution in [2.24, 2.45) is 0 Å². The molecule has 1 aliphatic rings. The van der Waals surface area contributed by atoms with Crippen LogP contribution in [-0.2, 0) is 6.18 Å². The highest BCUT2D eigenvalue weighted by molar-refractivity contribution is 5.40. The van der Waals surface area contributed by atoms with Crippen LogP contribution in [0, 0.1) is 11.6 Å². The standard InChI is InChI=1S/C15H12F5N3O/c16-10-2-1-8(5-11(10)17)12-6-9(24)7-23(12)14-21-4-3-13(22-14)15(18,19)20/h1-5,9,12,24H,6-7H2/t9-,12-/m0/s1. The number of anilines is 1. The smallest absolute Gasteiger partial charge is 0.391 e. The zero-order valence-corrected chi connectivity index (χ0v) is 12.1. The van der Waals surface area contributed by atoms with Crippen molar-refractivity contribution >= 4 is 5.95 Å². The van der Waals surface area contributed by atoms with Crippen molar-refractivity contribution in [2.75, 3.05) is 11.4 Å². The van der Waals surface area contributed by atoms with E-state index in [0.717, 1.165) is 24.4 Å². The van der Waals surface area contributed by atoms with E-state index in [1.54, 1.807) is 0 Å². The molecule has 1 aromatic heterocycles. The lowest BCUT2D eigenvalue weighted by Crippen LogP contribution is -2.27.